The van der Waals surface area contributed by atoms with E-state index in [1.807, 2.05) is 31.2 Å². The SMILES string of the molecule is CCc1ccc2oc(=O)cc(CN3CCN(Cc4nc(-c5cccc(C)c5)oc4C)CC3)c2c1. The first kappa shape index (κ1) is 22.6. The molecule has 0 atom stereocenters. The summed E-state index contributed by atoms with van der Waals surface area (Å²) in [5.41, 5.74) is 5.90. The molecule has 1 aliphatic heterocycles. The summed E-state index contributed by atoms with van der Waals surface area (Å²) >= 11 is 0. The molecule has 0 spiro atoms. The smallest absolute Gasteiger partial charge is 0.336 e. The molecule has 1 aliphatic rings. The predicted octanol–water partition coefficient (Wildman–Crippen LogP) is 4.95. The van der Waals surface area contributed by atoms with Gasteiger partial charge in [-0.15, -0.1) is 0 Å². The number of hydrogen-bond acceptors (Lipinski definition) is 6. The molecule has 6 nitrogen and oxygen atoms in total. The zero-order valence-electron chi connectivity index (χ0n) is 20.1. The summed E-state index contributed by atoms with van der Waals surface area (Å²) in [6, 6.07) is 16.0. The molecule has 1 fully saturated rings. The second kappa shape index (κ2) is 9.57. The molecule has 0 aliphatic carbocycles. The number of fused-ring (bicyclic) bond motifs is 1. The Kier molecular flexibility index (Phi) is 6.35. The molecule has 2 aromatic carbocycles. The van der Waals surface area contributed by atoms with Gasteiger partial charge in [-0.25, -0.2) is 9.78 Å². The van der Waals surface area contributed by atoms with Crippen LogP contribution < -0.4 is 5.63 Å². The highest BCUT2D eigenvalue weighted by atomic mass is 16.4. The van der Waals surface area contributed by atoms with Crippen molar-refractivity contribution in [2.75, 3.05) is 26.2 Å². The molecule has 6 heteroatoms. The Labute approximate surface area is 199 Å². The number of oxazole rings is 1. The van der Waals surface area contributed by atoms with Crippen LogP contribution in [0.15, 0.2) is 62.2 Å². The van der Waals surface area contributed by atoms with Gasteiger partial charge in [0.25, 0.3) is 0 Å². The summed E-state index contributed by atoms with van der Waals surface area (Å²) in [5.74, 6) is 1.57. The van der Waals surface area contributed by atoms with Crippen molar-refractivity contribution in [2.24, 2.45) is 0 Å². The van der Waals surface area contributed by atoms with Crippen molar-refractivity contribution in [3.8, 4) is 11.5 Å². The fourth-order valence-corrected chi connectivity index (χ4v) is 4.66. The molecule has 0 saturated carbocycles. The Bertz CT molecular complexity index is 1360. The lowest BCUT2D eigenvalue weighted by atomic mass is 10.0. The van der Waals surface area contributed by atoms with E-state index in [4.69, 9.17) is 13.8 Å². The van der Waals surface area contributed by atoms with Gasteiger partial charge in [-0.1, -0.05) is 30.7 Å². The normalized spacial score (nSPS) is 15.3. The van der Waals surface area contributed by atoms with Crippen LogP contribution in [0.3, 0.4) is 0 Å². The minimum Gasteiger partial charge on any atom is -0.441 e. The number of benzene rings is 2. The maximum atomic E-state index is 12.1. The van der Waals surface area contributed by atoms with Crippen LogP contribution in [0.1, 0.15) is 35.1 Å². The van der Waals surface area contributed by atoms with E-state index in [1.165, 1.54) is 11.1 Å². The molecule has 0 amide bonds. The van der Waals surface area contributed by atoms with Crippen molar-refractivity contribution in [3.05, 3.63) is 87.1 Å². The number of aryl methyl sites for hydroxylation is 3. The third-order valence-electron chi connectivity index (χ3n) is 6.69. The van der Waals surface area contributed by atoms with Gasteiger partial charge < -0.3 is 8.83 Å². The maximum absolute atomic E-state index is 12.1. The number of nitrogens with zero attached hydrogens (tertiary/aromatic N) is 3. The van der Waals surface area contributed by atoms with Gasteiger partial charge >= 0.3 is 5.63 Å². The molecular weight excluding hydrogens is 426 g/mol. The van der Waals surface area contributed by atoms with Gasteiger partial charge in [0.2, 0.25) is 5.89 Å². The maximum Gasteiger partial charge on any atom is 0.336 e. The third kappa shape index (κ3) is 4.83. The van der Waals surface area contributed by atoms with E-state index in [1.54, 1.807) is 6.07 Å². The molecular formula is C28H31N3O3. The zero-order valence-corrected chi connectivity index (χ0v) is 20.1. The predicted molar refractivity (Wildman–Crippen MR) is 134 cm³/mol. The van der Waals surface area contributed by atoms with Crippen molar-refractivity contribution in [3.63, 3.8) is 0 Å². The van der Waals surface area contributed by atoms with Gasteiger partial charge in [-0.3, -0.25) is 9.80 Å². The van der Waals surface area contributed by atoms with E-state index in [0.29, 0.717) is 11.5 Å². The van der Waals surface area contributed by atoms with Gasteiger partial charge in [-0.2, -0.15) is 0 Å². The first-order valence-corrected chi connectivity index (χ1v) is 12.0. The summed E-state index contributed by atoms with van der Waals surface area (Å²) in [4.78, 5) is 21.7. The standard InChI is InChI=1S/C28H31N3O3/c1-4-21-8-9-26-24(15-21)23(16-27(32)34-26)17-30-10-12-31(13-11-30)18-25-20(3)33-28(29-25)22-7-5-6-19(2)14-22/h5-9,14-16H,4,10-13,17-18H2,1-3H3. The molecule has 2 aromatic heterocycles. The summed E-state index contributed by atoms with van der Waals surface area (Å²) < 4.78 is 11.4. The highest BCUT2D eigenvalue weighted by Crippen LogP contribution is 2.24. The second-order valence-electron chi connectivity index (χ2n) is 9.22. The molecule has 1 saturated heterocycles. The largest absolute Gasteiger partial charge is 0.441 e. The van der Waals surface area contributed by atoms with Crippen molar-refractivity contribution in [1.82, 2.24) is 14.8 Å². The van der Waals surface area contributed by atoms with Crippen LogP contribution in [0.4, 0.5) is 0 Å². The van der Waals surface area contributed by atoms with Gasteiger partial charge in [0.1, 0.15) is 11.3 Å². The number of rotatable bonds is 6. The highest BCUT2D eigenvalue weighted by Gasteiger charge is 2.21. The molecule has 0 bridgehead atoms. The summed E-state index contributed by atoms with van der Waals surface area (Å²) in [5, 5.41) is 1.04. The molecule has 5 rings (SSSR count). The van der Waals surface area contributed by atoms with Gasteiger partial charge in [0.05, 0.1) is 5.69 Å². The van der Waals surface area contributed by atoms with Crippen molar-refractivity contribution >= 4 is 11.0 Å². The van der Waals surface area contributed by atoms with E-state index in [-0.39, 0.29) is 5.63 Å². The van der Waals surface area contributed by atoms with E-state index in [0.717, 1.165) is 73.7 Å². The number of aromatic nitrogens is 1. The van der Waals surface area contributed by atoms with Crippen LogP contribution in [0.5, 0.6) is 0 Å². The lowest BCUT2D eigenvalue weighted by Gasteiger charge is -2.34. The second-order valence-corrected chi connectivity index (χ2v) is 9.22. The first-order chi connectivity index (χ1) is 16.5. The van der Waals surface area contributed by atoms with Crippen LogP contribution in [-0.2, 0) is 19.5 Å². The fraction of sp³-hybridized carbons (Fsp3) is 0.357. The average Bonchev–Trinajstić information content (AvgIpc) is 3.20. The monoisotopic (exact) mass is 457 g/mol. The average molecular weight is 458 g/mol. The van der Waals surface area contributed by atoms with E-state index in [2.05, 4.69) is 41.8 Å². The number of piperazine rings is 1. The molecule has 0 unspecified atom stereocenters. The minimum absolute atomic E-state index is 0.281. The summed E-state index contributed by atoms with van der Waals surface area (Å²) in [6.07, 6.45) is 0.959. The Hall–Kier alpha value is -3.22. The van der Waals surface area contributed by atoms with E-state index in [9.17, 15) is 4.79 Å². The molecule has 3 heterocycles. The van der Waals surface area contributed by atoms with Crippen LogP contribution in [0, 0.1) is 13.8 Å². The van der Waals surface area contributed by atoms with Gasteiger partial charge in [-0.05, 0) is 55.7 Å². The fourth-order valence-electron chi connectivity index (χ4n) is 4.66. The highest BCUT2D eigenvalue weighted by molar-refractivity contribution is 5.80. The quantitative estimate of drug-likeness (QED) is 0.382. The molecule has 34 heavy (non-hydrogen) atoms. The molecule has 0 N–H and O–H groups in total. The third-order valence-corrected chi connectivity index (χ3v) is 6.69. The summed E-state index contributed by atoms with van der Waals surface area (Å²) in [7, 11) is 0. The van der Waals surface area contributed by atoms with E-state index >= 15 is 0 Å². The lowest BCUT2D eigenvalue weighted by molar-refractivity contribution is 0.121. The van der Waals surface area contributed by atoms with E-state index < -0.39 is 0 Å². The van der Waals surface area contributed by atoms with Gasteiger partial charge in [0.15, 0.2) is 0 Å². The molecule has 0 radical (unpaired) electrons. The Balaban J connectivity index is 1.24. The van der Waals surface area contributed by atoms with Crippen LogP contribution in [0.25, 0.3) is 22.4 Å². The lowest BCUT2D eigenvalue weighted by Crippen LogP contribution is -2.45. The molecule has 176 valence electrons. The van der Waals surface area contributed by atoms with Crippen LogP contribution in [-0.4, -0.2) is 41.0 Å². The molecule has 4 aromatic rings. The number of hydrogen-bond donors (Lipinski definition) is 0. The first-order valence-electron chi connectivity index (χ1n) is 12.0. The minimum atomic E-state index is -0.281. The van der Waals surface area contributed by atoms with Gasteiger partial charge in [0, 0.05) is 56.3 Å². The Morgan fingerprint density at radius 3 is 2.41 bits per heavy atom. The van der Waals surface area contributed by atoms with Crippen molar-refractivity contribution < 1.29 is 8.83 Å². The van der Waals surface area contributed by atoms with Crippen LogP contribution >= 0.6 is 0 Å². The Morgan fingerprint density at radius 1 is 0.912 bits per heavy atom. The van der Waals surface area contributed by atoms with Crippen LogP contribution in [0.2, 0.25) is 0 Å². The summed E-state index contributed by atoms with van der Waals surface area (Å²) in [6.45, 7) is 11.5. The zero-order chi connectivity index (χ0) is 23.7. The van der Waals surface area contributed by atoms with Crippen molar-refractivity contribution in [1.29, 1.82) is 0 Å². The topological polar surface area (TPSA) is 62.7 Å². The van der Waals surface area contributed by atoms with Crippen molar-refractivity contribution in [2.45, 2.75) is 40.3 Å². The Morgan fingerprint density at radius 2 is 1.68 bits per heavy atom.